The molecular weight excluding hydrogens is 496 g/mol. The van der Waals surface area contributed by atoms with Gasteiger partial charge in [-0.25, -0.2) is 0 Å². The van der Waals surface area contributed by atoms with E-state index in [1.165, 1.54) is 96.3 Å². The molecule has 4 heteroatoms. The van der Waals surface area contributed by atoms with Crippen molar-refractivity contribution < 1.29 is 19.4 Å². The summed E-state index contributed by atoms with van der Waals surface area (Å²) in [5.41, 5.74) is 0. The minimum atomic E-state index is -0.724. The second kappa shape index (κ2) is 31.9. The van der Waals surface area contributed by atoms with Gasteiger partial charge in [0.1, 0.15) is 6.10 Å². The Kier molecular flexibility index (Phi) is 30.7. The lowest BCUT2D eigenvalue weighted by Crippen LogP contribution is -2.16. The Hall–Kier alpha value is -1.58. The van der Waals surface area contributed by atoms with Crippen LogP contribution in [0.4, 0.5) is 0 Å². The highest BCUT2D eigenvalue weighted by Gasteiger charge is 2.11. The van der Waals surface area contributed by atoms with Crippen LogP contribution in [0.25, 0.3) is 0 Å². The van der Waals surface area contributed by atoms with Gasteiger partial charge in [0.15, 0.2) is 0 Å². The average Bonchev–Trinajstić information content (AvgIpc) is 2.93. The minimum Gasteiger partial charge on any atom is -0.481 e. The zero-order valence-corrected chi connectivity index (χ0v) is 26.7. The van der Waals surface area contributed by atoms with Gasteiger partial charge in [0, 0.05) is 12.8 Å². The van der Waals surface area contributed by atoms with E-state index in [1.807, 2.05) is 0 Å². The third-order valence-corrected chi connectivity index (χ3v) is 7.63. The number of esters is 1. The van der Waals surface area contributed by atoms with Gasteiger partial charge < -0.3 is 9.84 Å². The Morgan fingerprint density at radius 2 is 1.00 bits per heavy atom. The summed E-state index contributed by atoms with van der Waals surface area (Å²) in [6, 6.07) is 0. The van der Waals surface area contributed by atoms with Crippen LogP contribution in [0.15, 0.2) is 24.3 Å². The average molecular weight is 563 g/mol. The van der Waals surface area contributed by atoms with Gasteiger partial charge >= 0.3 is 11.9 Å². The Morgan fingerprint density at radius 1 is 0.550 bits per heavy atom. The fourth-order valence-corrected chi connectivity index (χ4v) is 5.01. The van der Waals surface area contributed by atoms with Crippen LogP contribution in [-0.2, 0) is 14.3 Å². The first-order valence-electron chi connectivity index (χ1n) is 17.3. The number of carboxylic acid groups (broad SMARTS) is 1. The molecule has 0 rings (SSSR count). The molecule has 0 aromatic heterocycles. The third kappa shape index (κ3) is 31.0. The fourth-order valence-electron chi connectivity index (χ4n) is 5.01. The zero-order valence-electron chi connectivity index (χ0n) is 26.7. The lowest BCUT2D eigenvalue weighted by Gasteiger charge is -2.15. The Bertz CT molecular complexity index is 610. The third-order valence-electron chi connectivity index (χ3n) is 7.63. The van der Waals surface area contributed by atoms with E-state index in [-0.39, 0.29) is 18.5 Å². The van der Waals surface area contributed by atoms with Gasteiger partial charge in [-0.1, -0.05) is 135 Å². The normalized spacial score (nSPS) is 12.4. The number of carbonyl (C=O) groups excluding carboxylic acids is 1. The van der Waals surface area contributed by atoms with Gasteiger partial charge in [0.05, 0.1) is 0 Å². The molecule has 0 bridgehead atoms. The van der Waals surface area contributed by atoms with E-state index in [4.69, 9.17) is 9.84 Å². The van der Waals surface area contributed by atoms with Crippen molar-refractivity contribution in [2.75, 3.05) is 0 Å². The molecule has 0 aliphatic carbocycles. The van der Waals surface area contributed by atoms with Crippen molar-refractivity contribution in [2.45, 2.75) is 193 Å². The standard InChI is InChI=1S/C36H66O4/c1-3-5-7-9-10-11-12-13-14-15-16-17-18-19-20-21-22-23-29-33-36(39)40-34(30-26-8-6-4-2)31-27-24-25-28-32-35(37)38/h13-14,26,30,34H,3-12,15-25,27-29,31-33H2,1-2H3,(H,37,38)/b14-13-,30-26-. The van der Waals surface area contributed by atoms with Crippen LogP contribution in [0.1, 0.15) is 187 Å². The largest absolute Gasteiger partial charge is 0.481 e. The molecule has 4 nitrogen and oxygen atoms in total. The summed E-state index contributed by atoms with van der Waals surface area (Å²) in [5.74, 6) is -0.796. The molecule has 0 radical (unpaired) electrons. The maximum Gasteiger partial charge on any atom is 0.306 e. The summed E-state index contributed by atoms with van der Waals surface area (Å²) in [4.78, 5) is 23.0. The second-order valence-electron chi connectivity index (χ2n) is 11.7. The number of unbranched alkanes of at least 4 members (excludes halogenated alkanes) is 20. The van der Waals surface area contributed by atoms with Crippen LogP contribution in [0.2, 0.25) is 0 Å². The first-order valence-corrected chi connectivity index (χ1v) is 17.3. The van der Waals surface area contributed by atoms with Gasteiger partial charge in [-0.15, -0.1) is 0 Å². The monoisotopic (exact) mass is 562 g/mol. The molecule has 234 valence electrons. The van der Waals surface area contributed by atoms with Crippen LogP contribution in [0, 0.1) is 0 Å². The number of carboxylic acids is 1. The molecule has 1 unspecified atom stereocenters. The Balaban J connectivity index is 3.72. The maximum absolute atomic E-state index is 12.4. The molecule has 1 N–H and O–H groups in total. The predicted octanol–water partition coefficient (Wildman–Crippen LogP) is 11.7. The lowest BCUT2D eigenvalue weighted by atomic mass is 10.1. The number of aliphatic carboxylic acids is 1. The molecular formula is C36H66O4. The zero-order chi connectivity index (χ0) is 29.4. The van der Waals surface area contributed by atoms with Crippen molar-refractivity contribution in [2.24, 2.45) is 0 Å². The number of ether oxygens (including phenoxy) is 1. The van der Waals surface area contributed by atoms with E-state index in [0.717, 1.165) is 64.2 Å². The highest BCUT2D eigenvalue weighted by atomic mass is 16.5. The quantitative estimate of drug-likeness (QED) is 0.0518. The smallest absolute Gasteiger partial charge is 0.306 e. The molecule has 0 aromatic rings. The summed E-state index contributed by atoms with van der Waals surface area (Å²) < 4.78 is 5.79. The van der Waals surface area contributed by atoms with Gasteiger partial charge in [-0.05, 0) is 63.9 Å². The van der Waals surface area contributed by atoms with Crippen molar-refractivity contribution in [3.8, 4) is 0 Å². The van der Waals surface area contributed by atoms with Gasteiger partial charge in [0.25, 0.3) is 0 Å². The van der Waals surface area contributed by atoms with Gasteiger partial charge in [-0.3, -0.25) is 9.59 Å². The van der Waals surface area contributed by atoms with Gasteiger partial charge in [0.2, 0.25) is 0 Å². The van der Waals surface area contributed by atoms with Gasteiger partial charge in [-0.2, -0.15) is 0 Å². The maximum atomic E-state index is 12.4. The highest BCUT2D eigenvalue weighted by Crippen LogP contribution is 2.15. The molecule has 0 fully saturated rings. The van der Waals surface area contributed by atoms with E-state index in [0.29, 0.717) is 6.42 Å². The molecule has 0 saturated carbocycles. The van der Waals surface area contributed by atoms with Crippen molar-refractivity contribution in [3.05, 3.63) is 24.3 Å². The molecule has 0 saturated heterocycles. The second-order valence-corrected chi connectivity index (χ2v) is 11.7. The van der Waals surface area contributed by atoms with Crippen LogP contribution >= 0.6 is 0 Å². The first kappa shape index (κ1) is 38.4. The van der Waals surface area contributed by atoms with E-state index < -0.39 is 5.97 Å². The molecule has 0 aliphatic rings. The molecule has 1 atom stereocenters. The Morgan fingerprint density at radius 3 is 1.55 bits per heavy atom. The van der Waals surface area contributed by atoms with Crippen molar-refractivity contribution in [1.82, 2.24) is 0 Å². The number of carbonyl (C=O) groups is 2. The number of rotatable bonds is 31. The lowest BCUT2D eigenvalue weighted by molar-refractivity contribution is -0.147. The Labute approximate surface area is 248 Å². The van der Waals surface area contributed by atoms with Crippen molar-refractivity contribution in [3.63, 3.8) is 0 Å². The topological polar surface area (TPSA) is 63.6 Å². The molecule has 0 amide bonds. The van der Waals surface area contributed by atoms with Crippen LogP contribution < -0.4 is 0 Å². The summed E-state index contributed by atoms with van der Waals surface area (Å²) >= 11 is 0. The minimum absolute atomic E-state index is 0.0722. The number of hydrogen-bond acceptors (Lipinski definition) is 3. The first-order chi connectivity index (χ1) is 19.6. The SMILES string of the molecule is CCCC/C=C\C(CCCCCCC(=O)O)OC(=O)CCCCCCCCCCC/C=C\CCCCCCCC. The van der Waals surface area contributed by atoms with E-state index >= 15 is 0 Å². The summed E-state index contributed by atoms with van der Waals surface area (Å²) in [5, 5.41) is 8.75. The van der Waals surface area contributed by atoms with E-state index in [1.54, 1.807) is 0 Å². The predicted molar refractivity (Wildman–Crippen MR) is 172 cm³/mol. The van der Waals surface area contributed by atoms with Crippen molar-refractivity contribution >= 4 is 11.9 Å². The molecule has 0 aliphatic heterocycles. The van der Waals surface area contributed by atoms with E-state index in [9.17, 15) is 9.59 Å². The molecule has 40 heavy (non-hydrogen) atoms. The fraction of sp³-hybridized carbons (Fsp3) is 0.833. The summed E-state index contributed by atoms with van der Waals surface area (Å²) in [6.45, 7) is 4.46. The summed E-state index contributed by atoms with van der Waals surface area (Å²) in [7, 11) is 0. The van der Waals surface area contributed by atoms with Crippen LogP contribution in [0.5, 0.6) is 0 Å². The molecule has 0 heterocycles. The van der Waals surface area contributed by atoms with Crippen LogP contribution in [0.3, 0.4) is 0 Å². The van der Waals surface area contributed by atoms with Crippen molar-refractivity contribution in [1.29, 1.82) is 0 Å². The molecule has 0 spiro atoms. The summed E-state index contributed by atoms with van der Waals surface area (Å²) in [6.07, 6.45) is 39.4. The molecule has 0 aromatic carbocycles. The van der Waals surface area contributed by atoms with Crippen LogP contribution in [-0.4, -0.2) is 23.1 Å². The van der Waals surface area contributed by atoms with E-state index in [2.05, 4.69) is 38.2 Å². The number of hydrogen-bond donors (Lipinski definition) is 1. The highest BCUT2D eigenvalue weighted by molar-refractivity contribution is 5.69. The number of allylic oxidation sites excluding steroid dienone is 3.